The summed E-state index contributed by atoms with van der Waals surface area (Å²) < 4.78 is 17.9. The van der Waals surface area contributed by atoms with Crippen molar-refractivity contribution >= 4 is 50.2 Å². The van der Waals surface area contributed by atoms with Crippen LogP contribution in [0.25, 0.3) is 22.2 Å². The van der Waals surface area contributed by atoms with E-state index in [1.54, 1.807) is 18.5 Å². The standard InChI is InChI=1S/C21H22Cl2N8O2S/c22-15-10-26-11-16(23)18(15)20(24)33-13-1-2-17-14(7-13)19(30-29-17)12-8-27-21(28-9-12)31-3-5-34(25,32)6-4-31/h1-2,7-11,20,34H,3-6,24H2,(H2,25,32)(H,29,30)/t20-/m0/s1. The summed E-state index contributed by atoms with van der Waals surface area (Å²) in [6.45, 7) is 1.15. The van der Waals surface area contributed by atoms with E-state index in [2.05, 4.69) is 25.1 Å². The van der Waals surface area contributed by atoms with E-state index in [1.807, 2.05) is 17.0 Å². The molecule has 1 aliphatic heterocycles. The molecule has 4 aromatic rings. The third-order valence-corrected chi connectivity index (χ3v) is 8.18. The number of anilines is 1. The Morgan fingerprint density at radius 3 is 2.44 bits per heavy atom. The monoisotopic (exact) mass is 520 g/mol. The van der Waals surface area contributed by atoms with Crippen molar-refractivity contribution in [3.05, 3.63) is 58.6 Å². The zero-order valence-corrected chi connectivity index (χ0v) is 20.3. The molecular formula is C21H22Cl2N8O2S. The van der Waals surface area contributed by atoms with Crippen molar-refractivity contribution in [1.82, 2.24) is 25.1 Å². The maximum Gasteiger partial charge on any atom is 0.225 e. The molecule has 3 aromatic heterocycles. The lowest BCUT2D eigenvalue weighted by atomic mass is 10.1. The van der Waals surface area contributed by atoms with E-state index in [9.17, 15) is 4.21 Å². The molecule has 1 atom stereocenters. The molecule has 5 rings (SSSR count). The van der Waals surface area contributed by atoms with Crippen molar-refractivity contribution in [3.63, 3.8) is 0 Å². The summed E-state index contributed by atoms with van der Waals surface area (Å²) >= 11 is 12.4. The number of hydrogen-bond acceptors (Lipinski definition) is 8. The lowest BCUT2D eigenvalue weighted by Gasteiger charge is -2.32. The van der Waals surface area contributed by atoms with Gasteiger partial charge in [0.25, 0.3) is 0 Å². The first-order chi connectivity index (χ1) is 16.3. The summed E-state index contributed by atoms with van der Waals surface area (Å²) in [4.78, 5) is 14.9. The summed E-state index contributed by atoms with van der Waals surface area (Å²) in [5.41, 5.74) is 8.89. The van der Waals surface area contributed by atoms with Crippen molar-refractivity contribution in [2.75, 3.05) is 29.5 Å². The zero-order valence-electron chi connectivity index (χ0n) is 17.9. The predicted octanol–water partition coefficient (Wildman–Crippen LogP) is 2.47. The van der Waals surface area contributed by atoms with E-state index in [0.29, 0.717) is 57.6 Å². The summed E-state index contributed by atoms with van der Waals surface area (Å²) in [6, 6.07) is 5.45. The lowest BCUT2D eigenvalue weighted by molar-refractivity contribution is 0.214. The second kappa shape index (κ2) is 9.08. The number of halogens is 2. The molecule has 1 fully saturated rings. The Balaban J connectivity index is 1.39. The van der Waals surface area contributed by atoms with Crippen LogP contribution in [0.3, 0.4) is 0 Å². The number of ether oxygens (including phenoxy) is 1. The van der Waals surface area contributed by atoms with Crippen molar-refractivity contribution in [3.8, 4) is 17.0 Å². The highest BCUT2D eigenvalue weighted by atomic mass is 35.5. The van der Waals surface area contributed by atoms with E-state index < -0.39 is 16.3 Å². The number of fused-ring (bicyclic) bond motifs is 1. The van der Waals surface area contributed by atoms with Gasteiger partial charge in [-0.3, -0.25) is 25.2 Å². The number of thiol groups is 1. The maximum absolute atomic E-state index is 12.0. The molecule has 34 heavy (non-hydrogen) atoms. The van der Waals surface area contributed by atoms with Crippen LogP contribution in [0.15, 0.2) is 43.0 Å². The van der Waals surface area contributed by atoms with Crippen LogP contribution in [0.1, 0.15) is 11.8 Å². The van der Waals surface area contributed by atoms with Crippen LogP contribution in [0, 0.1) is 0 Å². The van der Waals surface area contributed by atoms with Gasteiger partial charge in [0.1, 0.15) is 11.4 Å². The first kappa shape index (κ1) is 22.9. The first-order valence-corrected chi connectivity index (χ1v) is 13.3. The van der Waals surface area contributed by atoms with Crippen LogP contribution in [0.5, 0.6) is 5.75 Å². The fourth-order valence-electron chi connectivity index (χ4n) is 3.80. The van der Waals surface area contributed by atoms with Crippen LogP contribution in [0.4, 0.5) is 5.95 Å². The van der Waals surface area contributed by atoms with Crippen molar-refractivity contribution in [2.45, 2.75) is 6.23 Å². The van der Waals surface area contributed by atoms with Crippen molar-refractivity contribution in [2.24, 2.45) is 10.9 Å². The zero-order chi connectivity index (χ0) is 23.9. The van der Waals surface area contributed by atoms with Gasteiger partial charge in [-0.1, -0.05) is 33.3 Å². The van der Waals surface area contributed by atoms with Gasteiger partial charge in [0.2, 0.25) is 5.95 Å². The van der Waals surface area contributed by atoms with Gasteiger partial charge in [-0.2, -0.15) is 5.10 Å². The molecule has 4 heterocycles. The van der Waals surface area contributed by atoms with Gasteiger partial charge in [-0.15, -0.1) is 0 Å². The Kier molecular flexibility index (Phi) is 6.13. The molecule has 0 spiro atoms. The topological polar surface area (TPSA) is 149 Å². The molecular weight excluding hydrogens is 499 g/mol. The molecule has 0 radical (unpaired) electrons. The van der Waals surface area contributed by atoms with E-state index >= 15 is 0 Å². The first-order valence-electron chi connectivity index (χ1n) is 10.4. The summed E-state index contributed by atoms with van der Waals surface area (Å²) in [7, 11) is -2.51. The van der Waals surface area contributed by atoms with Crippen LogP contribution < -0.4 is 20.5 Å². The quantitative estimate of drug-likeness (QED) is 0.231. The lowest BCUT2D eigenvalue weighted by Crippen LogP contribution is -2.48. The van der Waals surface area contributed by atoms with E-state index in [-0.39, 0.29) is 0 Å². The molecule has 178 valence electrons. The summed E-state index contributed by atoms with van der Waals surface area (Å²) in [5.74, 6) is 2.01. The van der Waals surface area contributed by atoms with Crippen molar-refractivity contribution in [1.29, 1.82) is 0 Å². The van der Waals surface area contributed by atoms with Gasteiger partial charge >= 0.3 is 0 Å². The van der Waals surface area contributed by atoms with Gasteiger partial charge < -0.3 is 9.64 Å². The number of nitrogens with two attached hydrogens (primary N) is 2. The van der Waals surface area contributed by atoms with Gasteiger partial charge in [0, 0.05) is 65.9 Å². The fourth-order valence-corrected chi connectivity index (χ4v) is 5.76. The molecule has 1 aromatic carbocycles. The minimum Gasteiger partial charge on any atom is -0.471 e. The highest BCUT2D eigenvalue weighted by Gasteiger charge is 2.22. The summed E-state index contributed by atoms with van der Waals surface area (Å²) in [5, 5.41) is 14.7. The second-order valence-corrected chi connectivity index (χ2v) is 11.6. The Bertz CT molecular complexity index is 1370. The predicted molar refractivity (Wildman–Crippen MR) is 135 cm³/mol. The molecule has 0 bridgehead atoms. The number of hydrogen-bond donors (Lipinski definition) is 4. The van der Waals surface area contributed by atoms with E-state index in [1.165, 1.54) is 12.4 Å². The normalized spacial score (nSPS) is 17.5. The number of aromatic amines is 1. The Morgan fingerprint density at radius 2 is 1.76 bits per heavy atom. The average Bonchev–Trinajstić information content (AvgIpc) is 3.22. The third kappa shape index (κ3) is 4.57. The van der Waals surface area contributed by atoms with Crippen LogP contribution >= 0.6 is 23.2 Å². The highest BCUT2D eigenvalue weighted by Crippen LogP contribution is 2.33. The number of aromatic nitrogens is 5. The maximum atomic E-state index is 12.0. The van der Waals surface area contributed by atoms with E-state index in [4.69, 9.17) is 38.8 Å². The second-order valence-electron chi connectivity index (χ2n) is 7.99. The van der Waals surface area contributed by atoms with Crippen molar-refractivity contribution < 1.29 is 8.95 Å². The number of H-pyrrole nitrogens is 1. The van der Waals surface area contributed by atoms with Crippen LogP contribution in [0.2, 0.25) is 10.0 Å². The Hall–Kier alpha value is -2.83. The van der Waals surface area contributed by atoms with E-state index in [0.717, 1.165) is 16.5 Å². The minimum absolute atomic E-state index is 0.324. The van der Waals surface area contributed by atoms with Gasteiger partial charge in [0.05, 0.1) is 15.6 Å². The van der Waals surface area contributed by atoms with Crippen LogP contribution in [-0.2, 0) is 10.1 Å². The largest absolute Gasteiger partial charge is 0.471 e. The average molecular weight is 521 g/mol. The van der Waals surface area contributed by atoms with Gasteiger partial charge in [0.15, 0.2) is 6.23 Å². The number of benzene rings is 1. The van der Waals surface area contributed by atoms with Gasteiger partial charge in [-0.05, 0) is 18.2 Å². The van der Waals surface area contributed by atoms with Crippen LogP contribution in [-0.4, -0.2) is 54.0 Å². The Labute approximate surface area is 206 Å². The summed E-state index contributed by atoms with van der Waals surface area (Å²) in [6.07, 6.45) is 5.47. The number of nitrogens with one attached hydrogen (secondary N) is 1. The molecule has 0 amide bonds. The smallest absolute Gasteiger partial charge is 0.225 e. The SMILES string of the molecule is N[C@@H](Oc1ccc2[nH]nc(-c3cnc(N4CC[SH](N)(=O)CC4)nc3)c2c1)c1c(Cl)cncc1Cl. The fraction of sp³-hybridized carbons (Fsp3) is 0.238. The van der Waals surface area contributed by atoms with Gasteiger partial charge in [-0.25, -0.2) is 9.97 Å². The molecule has 5 N–H and O–H groups in total. The molecule has 13 heteroatoms. The number of pyridine rings is 1. The minimum atomic E-state index is -2.51. The molecule has 0 aliphatic carbocycles. The molecule has 1 saturated heterocycles. The molecule has 1 aliphatic rings. The third-order valence-electron chi connectivity index (χ3n) is 5.66. The molecule has 0 saturated carbocycles. The number of rotatable bonds is 5. The number of nitrogens with zero attached hydrogens (tertiary/aromatic N) is 5. The highest BCUT2D eigenvalue weighted by molar-refractivity contribution is 8.01. The Morgan fingerprint density at radius 1 is 1.09 bits per heavy atom. The molecule has 0 unspecified atom stereocenters. The molecule has 10 nitrogen and oxygen atoms in total.